The molecule has 3 rings (SSSR count). The molecule has 2 atom stereocenters. The van der Waals surface area contributed by atoms with E-state index in [0.717, 1.165) is 29.0 Å². The van der Waals surface area contributed by atoms with Crippen molar-refractivity contribution in [3.05, 3.63) is 23.3 Å². The van der Waals surface area contributed by atoms with Crippen molar-refractivity contribution in [2.75, 3.05) is 26.3 Å². The Morgan fingerprint density at radius 1 is 1.30 bits per heavy atom. The molecule has 27 heavy (non-hydrogen) atoms. The maximum Gasteiger partial charge on any atom is 0.313 e. The van der Waals surface area contributed by atoms with E-state index in [0.29, 0.717) is 51.6 Å². The fraction of sp³-hybridized carbons (Fsp3) is 0.667. The Labute approximate surface area is 161 Å². The standard InChI is InChI=1S/C21H31NO5/c1-14(2)4-6-21(20(24)25)13-22(7-5-19(21)23)12-16-11-18-17(10-15(16)3)26-8-9-27-18/h10-11,14,19,23H,4-9,12-13H2,1-3H3,(H,24,25)/t19-,21-/m1/s1. The van der Waals surface area contributed by atoms with Crippen molar-refractivity contribution in [3.63, 3.8) is 0 Å². The van der Waals surface area contributed by atoms with E-state index in [-0.39, 0.29) is 0 Å². The molecule has 2 heterocycles. The number of fused-ring (bicyclic) bond motifs is 1. The number of aryl methyl sites for hydroxylation is 1. The summed E-state index contributed by atoms with van der Waals surface area (Å²) in [6.45, 7) is 9.01. The number of carboxylic acid groups (broad SMARTS) is 1. The summed E-state index contributed by atoms with van der Waals surface area (Å²) in [4.78, 5) is 14.3. The van der Waals surface area contributed by atoms with Crippen LogP contribution >= 0.6 is 0 Å². The van der Waals surface area contributed by atoms with Crippen LogP contribution in [0.25, 0.3) is 0 Å². The maximum absolute atomic E-state index is 12.1. The molecule has 2 aliphatic rings. The zero-order valence-electron chi connectivity index (χ0n) is 16.5. The number of ether oxygens (including phenoxy) is 2. The zero-order valence-corrected chi connectivity index (χ0v) is 16.5. The largest absolute Gasteiger partial charge is 0.486 e. The van der Waals surface area contributed by atoms with Crippen LogP contribution in [0.4, 0.5) is 0 Å². The van der Waals surface area contributed by atoms with Crippen LogP contribution in [-0.4, -0.2) is 53.5 Å². The first-order valence-corrected chi connectivity index (χ1v) is 9.85. The molecule has 1 fully saturated rings. The molecule has 0 spiro atoms. The predicted molar refractivity (Wildman–Crippen MR) is 102 cm³/mol. The van der Waals surface area contributed by atoms with Gasteiger partial charge < -0.3 is 19.7 Å². The van der Waals surface area contributed by atoms with Crippen molar-refractivity contribution < 1.29 is 24.5 Å². The first kappa shape index (κ1) is 20.0. The number of aliphatic hydroxyl groups is 1. The summed E-state index contributed by atoms with van der Waals surface area (Å²) in [5, 5.41) is 20.5. The van der Waals surface area contributed by atoms with Crippen LogP contribution in [0.5, 0.6) is 11.5 Å². The fourth-order valence-electron chi connectivity index (χ4n) is 4.05. The first-order valence-electron chi connectivity index (χ1n) is 9.85. The Morgan fingerprint density at radius 2 is 1.96 bits per heavy atom. The lowest BCUT2D eigenvalue weighted by Gasteiger charge is -2.44. The van der Waals surface area contributed by atoms with Crippen LogP contribution in [0.15, 0.2) is 12.1 Å². The van der Waals surface area contributed by atoms with Crippen molar-refractivity contribution in [2.45, 2.75) is 52.7 Å². The minimum atomic E-state index is -1.09. The van der Waals surface area contributed by atoms with Gasteiger partial charge >= 0.3 is 5.97 Å². The van der Waals surface area contributed by atoms with E-state index >= 15 is 0 Å². The minimum Gasteiger partial charge on any atom is -0.486 e. The van der Waals surface area contributed by atoms with Gasteiger partial charge in [0.05, 0.1) is 6.10 Å². The molecule has 150 valence electrons. The fourth-order valence-corrected chi connectivity index (χ4v) is 4.05. The summed E-state index contributed by atoms with van der Waals surface area (Å²) in [6.07, 6.45) is 0.970. The molecule has 0 saturated carbocycles. The molecule has 0 aromatic heterocycles. The molecule has 6 heteroatoms. The SMILES string of the molecule is Cc1cc2c(cc1CN1CC[C@@H](O)[C@](CCC(C)C)(C(=O)O)C1)OCCO2. The zero-order chi connectivity index (χ0) is 19.6. The number of rotatable bonds is 6. The number of aliphatic carboxylic acids is 1. The van der Waals surface area contributed by atoms with Gasteiger partial charge in [-0.2, -0.15) is 0 Å². The number of hydrogen-bond donors (Lipinski definition) is 2. The van der Waals surface area contributed by atoms with E-state index in [1.165, 1.54) is 0 Å². The Bertz CT molecular complexity index is 689. The monoisotopic (exact) mass is 377 g/mol. The van der Waals surface area contributed by atoms with Crippen LogP contribution in [0.1, 0.15) is 44.2 Å². The van der Waals surface area contributed by atoms with Crippen molar-refractivity contribution in [1.29, 1.82) is 0 Å². The second-order valence-corrected chi connectivity index (χ2v) is 8.33. The molecule has 0 aliphatic carbocycles. The van der Waals surface area contributed by atoms with E-state index in [1.807, 2.05) is 19.1 Å². The molecule has 0 bridgehead atoms. The van der Waals surface area contributed by atoms with E-state index in [2.05, 4.69) is 18.7 Å². The van der Waals surface area contributed by atoms with E-state index < -0.39 is 17.5 Å². The third-order valence-electron chi connectivity index (χ3n) is 5.85. The molecule has 0 unspecified atom stereocenters. The summed E-state index contributed by atoms with van der Waals surface area (Å²) in [6, 6.07) is 4.00. The van der Waals surface area contributed by atoms with Gasteiger partial charge in [0.15, 0.2) is 11.5 Å². The lowest BCUT2D eigenvalue weighted by atomic mass is 9.72. The molecule has 0 amide bonds. The predicted octanol–water partition coefficient (Wildman–Crippen LogP) is 2.84. The number of likely N-dealkylation sites (tertiary alicyclic amines) is 1. The molecule has 2 N–H and O–H groups in total. The van der Waals surface area contributed by atoms with Gasteiger partial charge in [-0.25, -0.2) is 0 Å². The molecular weight excluding hydrogens is 346 g/mol. The van der Waals surface area contributed by atoms with Crippen LogP contribution in [0.3, 0.4) is 0 Å². The van der Waals surface area contributed by atoms with Gasteiger partial charge in [-0.3, -0.25) is 9.69 Å². The molecule has 1 aromatic carbocycles. The second-order valence-electron chi connectivity index (χ2n) is 8.33. The molecular formula is C21H31NO5. The van der Waals surface area contributed by atoms with Crippen LogP contribution in [0.2, 0.25) is 0 Å². The van der Waals surface area contributed by atoms with Gasteiger partial charge in [-0.15, -0.1) is 0 Å². The van der Waals surface area contributed by atoms with E-state index in [4.69, 9.17) is 9.47 Å². The van der Waals surface area contributed by atoms with Crippen molar-refractivity contribution >= 4 is 5.97 Å². The number of hydrogen-bond acceptors (Lipinski definition) is 5. The minimum absolute atomic E-state index is 0.365. The van der Waals surface area contributed by atoms with Crippen LogP contribution < -0.4 is 9.47 Å². The van der Waals surface area contributed by atoms with Crippen molar-refractivity contribution in [2.24, 2.45) is 11.3 Å². The van der Waals surface area contributed by atoms with E-state index in [1.54, 1.807) is 0 Å². The van der Waals surface area contributed by atoms with E-state index in [9.17, 15) is 15.0 Å². The topological polar surface area (TPSA) is 79.2 Å². The van der Waals surface area contributed by atoms with Gasteiger partial charge in [0.25, 0.3) is 0 Å². The number of piperidine rings is 1. The highest BCUT2D eigenvalue weighted by atomic mass is 16.6. The third-order valence-corrected chi connectivity index (χ3v) is 5.85. The summed E-state index contributed by atoms with van der Waals surface area (Å²) in [5.74, 6) is 1.04. The average molecular weight is 377 g/mol. The molecule has 0 radical (unpaired) electrons. The maximum atomic E-state index is 12.1. The highest BCUT2D eigenvalue weighted by molar-refractivity contribution is 5.76. The van der Waals surface area contributed by atoms with Gasteiger partial charge in [-0.1, -0.05) is 13.8 Å². The first-order chi connectivity index (χ1) is 12.8. The van der Waals surface area contributed by atoms with Gasteiger partial charge in [-0.05, 0) is 55.4 Å². The Hall–Kier alpha value is -1.79. The van der Waals surface area contributed by atoms with Crippen molar-refractivity contribution in [1.82, 2.24) is 4.90 Å². The summed E-state index contributed by atoms with van der Waals surface area (Å²) in [7, 11) is 0. The second kappa shape index (κ2) is 8.07. The number of benzene rings is 1. The molecule has 6 nitrogen and oxygen atoms in total. The number of aliphatic hydroxyl groups excluding tert-OH is 1. The van der Waals surface area contributed by atoms with Gasteiger partial charge in [0.1, 0.15) is 18.6 Å². The normalized spacial score (nSPS) is 25.6. The number of nitrogens with zero attached hydrogens (tertiary/aromatic N) is 1. The summed E-state index contributed by atoms with van der Waals surface area (Å²) < 4.78 is 11.3. The number of carbonyl (C=O) groups is 1. The Morgan fingerprint density at radius 3 is 2.59 bits per heavy atom. The highest BCUT2D eigenvalue weighted by Crippen LogP contribution is 2.38. The highest BCUT2D eigenvalue weighted by Gasteiger charge is 2.48. The van der Waals surface area contributed by atoms with Crippen LogP contribution in [0, 0.1) is 18.3 Å². The lowest BCUT2D eigenvalue weighted by Crippen LogP contribution is -2.55. The van der Waals surface area contributed by atoms with Gasteiger partial charge in [0, 0.05) is 19.6 Å². The van der Waals surface area contributed by atoms with Crippen molar-refractivity contribution in [3.8, 4) is 11.5 Å². The quantitative estimate of drug-likeness (QED) is 0.794. The molecule has 2 aliphatic heterocycles. The Kier molecular flexibility index (Phi) is 5.96. The average Bonchev–Trinajstić information content (AvgIpc) is 2.62. The molecule has 1 aromatic rings. The lowest BCUT2D eigenvalue weighted by molar-refractivity contribution is -0.165. The Balaban J connectivity index is 1.78. The summed E-state index contributed by atoms with van der Waals surface area (Å²) >= 11 is 0. The molecule has 1 saturated heterocycles. The summed E-state index contributed by atoms with van der Waals surface area (Å²) in [5.41, 5.74) is 1.12. The van der Waals surface area contributed by atoms with Crippen LogP contribution in [-0.2, 0) is 11.3 Å². The third kappa shape index (κ3) is 4.22. The smallest absolute Gasteiger partial charge is 0.313 e. The van der Waals surface area contributed by atoms with Gasteiger partial charge in [0.2, 0.25) is 0 Å². The number of carboxylic acids is 1.